The number of piperidine rings is 1. The Morgan fingerprint density at radius 2 is 1.81 bits per heavy atom. The molecular weight excluding hydrogens is 366 g/mol. The van der Waals surface area contributed by atoms with Crippen molar-refractivity contribution in [1.29, 1.82) is 0 Å². The van der Waals surface area contributed by atoms with E-state index < -0.39 is 10.0 Å². The predicted octanol–water partition coefficient (Wildman–Crippen LogP) is 3.51. The van der Waals surface area contributed by atoms with E-state index >= 15 is 0 Å². The number of rotatable bonds is 5. The summed E-state index contributed by atoms with van der Waals surface area (Å²) in [7, 11) is -3.45. The van der Waals surface area contributed by atoms with Crippen LogP contribution in [-0.2, 0) is 10.0 Å². The van der Waals surface area contributed by atoms with E-state index in [1.165, 1.54) is 9.71 Å². The van der Waals surface area contributed by atoms with Gasteiger partial charge in [-0.15, -0.1) is 10.2 Å². The largest absolute Gasteiger partial charge is 0.459 e. The first-order valence-electron chi connectivity index (χ1n) is 8.72. The fourth-order valence-corrected chi connectivity index (χ4v) is 4.29. The predicted molar refractivity (Wildman–Crippen MR) is 99.9 cm³/mol. The SMILES string of the molecule is O=S(=O)(/C=C/c1ccccc1)N1CCC(c2nnc(-c3ccco3)o2)CC1. The lowest BCUT2D eigenvalue weighted by Crippen LogP contribution is -2.36. The van der Waals surface area contributed by atoms with Gasteiger partial charge in [-0.2, -0.15) is 4.31 Å². The molecule has 1 aliphatic heterocycles. The monoisotopic (exact) mass is 385 g/mol. The Hall–Kier alpha value is -2.71. The number of hydrogen-bond donors (Lipinski definition) is 0. The third-order valence-electron chi connectivity index (χ3n) is 4.57. The topological polar surface area (TPSA) is 89.4 Å². The van der Waals surface area contributed by atoms with E-state index in [9.17, 15) is 8.42 Å². The third kappa shape index (κ3) is 4.01. The Bertz CT molecular complexity index is 1000. The molecule has 7 nitrogen and oxygen atoms in total. The highest BCUT2D eigenvalue weighted by Crippen LogP contribution is 2.30. The molecule has 3 heterocycles. The molecule has 0 radical (unpaired) electrons. The van der Waals surface area contributed by atoms with Gasteiger partial charge < -0.3 is 8.83 Å². The molecular formula is C19H19N3O4S. The molecule has 4 rings (SSSR count). The van der Waals surface area contributed by atoms with Gasteiger partial charge in [0.1, 0.15) is 0 Å². The van der Waals surface area contributed by atoms with Crippen LogP contribution in [0, 0.1) is 0 Å². The molecule has 27 heavy (non-hydrogen) atoms. The summed E-state index contributed by atoms with van der Waals surface area (Å²) in [4.78, 5) is 0. The van der Waals surface area contributed by atoms with Gasteiger partial charge in [0.05, 0.1) is 6.26 Å². The molecule has 0 aliphatic carbocycles. The van der Waals surface area contributed by atoms with E-state index in [-0.39, 0.29) is 5.92 Å². The van der Waals surface area contributed by atoms with Crippen molar-refractivity contribution in [3.05, 3.63) is 65.6 Å². The van der Waals surface area contributed by atoms with E-state index in [0.717, 1.165) is 5.56 Å². The van der Waals surface area contributed by atoms with Crippen molar-refractivity contribution in [3.63, 3.8) is 0 Å². The summed E-state index contributed by atoms with van der Waals surface area (Å²) < 4.78 is 37.5. The molecule has 2 aromatic heterocycles. The van der Waals surface area contributed by atoms with Crippen molar-refractivity contribution in [2.75, 3.05) is 13.1 Å². The third-order valence-corrected chi connectivity index (χ3v) is 6.13. The highest BCUT2D eigenvalue weighted by atomic mass is 32.2. The van der Waals surface area contributed by atoms with Gasteiger partial charge in [0, 0.05) is 24.4 Å². The summed E-state index contributed by atoms with van der Waals surface area (Å²) in [5.74, 6) is 1.44. The average Bonchev–Trinajstić information content (AvgIpc) is 3.39. The molecule has 8 heteroatoms. The average molecular weight is 385 g/mol. The van der Waals surface area contributed by atoms with Crippen molar-refractivity contribution < 1.29 is 17.3 Å². The minimum atomic E-state index is -3.45. The molecule has 0 amide bonds. The summed E-state index contributed by atoms with van der Waals surface area (Å²) in [6.45, 7) is 0.842. The molecule has 1 saturated heterocycles. The van der Waals surface area contributed by atoms with Crippen LogP contribution in [0.5, 0.6) is 0 Å². The fraction of sp³-hybridized carbons (Fsp3) is 0.263. The quantitative estimate of drug-likeness (QED) is 0.668. The second kappa shape index (κ2) is 7.50. The van der Waals surface area contributed by atoms with Crippen molar-refractivity contribution in [2.45, 2.75) is 18.8 Å². The lowest BCUT2D eigenvalue weighted by atomic mass is 9.98. The second-order valence-electron chi connectivity index (χ2n) is 6.35. The van der Waals surface area contributed by atoms with Crippen LogP contribution in [0.2, 0.25) is 0 Å². The highest BCUT2D eigenvalue weighted by molar-refractivity contribution is 7.92. The zero-order chi connectivity index (χ0) is 18.7. The van der Waals surface area contributed by atoms with Crippen LogP contribution < -0.4 is 0 Å². The van der Waals surface area contributed by atoms with Gasteiger partial charge in [0.25, 0.3) is 5.89 Å². The first kappa shape index (κ1) is 17.7. The van der Waals surface area contributed by atoms with Gasteiger partial charge in [-0.1, -0.05) is 30.3 Å². The zero-order valence-electron chi connectivity index (χ0n) is 14.6. The number of benzene rings is 1. The van der Waals surface area contributed by atoms with Crippen molar-refractivity contribution in [1.82, 2.24) is 14.5 Å². The summed E-state index contributed by atoms with van der Waals surface area (Å²) in [6, 6.07) is 12.9. The van der Waals surface area contributed by atoms with Crippen LogP contribution in [0.25, 0.3) is 17.7 Å². The van der Waals surface area contributed by atoms with Crippen LogP contribution in [0.1, 0.15) is 30.2 Å². The van der Waals surface area contributed by atoms with Gasteiger partial charge in [0.15, 0.2) is 5.76 Å². The molecule has 1 aliphatic rings. The standard InChI is InChI=1S/C19H19N3O4S/c23-27(24,14-10-15-5-2-1-3-6-15)22-11-8-16(9-12-22)18-20-21-19(26-18)17-7-4-13-25-17/h1-7,10,13-14,16H,8-9,11-12H2/b14-10+. The molecule has 0 unspecified atom stereocenters. The number of furan rings is 1. The Morgan fingerprint density at radius 3 is 2.52 bits per heavy atom. The Labute approximate surface area is 157 Å². The fourth-order valence-electron chi connectivity index (χ4n) is 3.07. The molecule has 3 aromatic rings. The van der Waals surface area contributed by atoms with E-state index in [4.69, 9.17) is 8.83 Å². The minimum Gasteiger partial charge on any atom is -0.459 e. The van der Waals surface area contributed by atoms with Gasteiger partial charge in [-0.05, 0) is 36.6 Å². The Kier molecular flexibility index (Phi) is 4.91. The number of sulfonamides is 1. The summed E-state index contributed by atoms with van der Waals surface area (Å²) in [5.41, 5.74) is 0.854. The van der Waals surface area contributed by atoms with Crippen LogP contribution >= 0.6 is 0 Å². The summed E-state index contributed by atoms with van der Waals surface area (Å²) in [6.07, 6.45) is 4.44. The summed E-state index contributed by atoms with van der Waals surface area (Å²) in [5, 5.41) is 9.38. The minimum absolute atomic E-state index is 0.0470. The molecule has 0 atom stereocenters. The van der Waals surface area contributed by atoms with Gasteiger partial charge >= 0.3 is 0 Å². The second-order valence-corrected chi connectivity index (χ2v) is 8.17. The maximum absolute atomic E-state index is 12.5. The van der Waals surface area contributed by atoms with E-state index in [1.54, 1.807) is 24.5 Å². The van der Waals surface area contributed by atoms with Crippen LogP contribution in [-0.4, -0.2) is 36.0 Å². The Balaban J connectivity index is 1.39. The zero-order valence-corrected chi connectivity index (χ0v) is 15.4. The van der Waals surface area contributed by atoms with E-state index in [2.05, 4.69) is 10.2 Å². The molecule has 140 valence electrons. The van der Waals surface area contributed by atoms with Crippen molar-refractivity contribution in [3.8, 4) is 11.7 Å². The number of nitrogens with zero attached hydrogens (tertiary/aromatic N) is 3. The van der Waals surface area contributed by atoms with Crippen LogP contribution in [0.4, 0.5) is 0 Å². The smallest absolute Gasteiger partial charge is 0.283 e. The number of aromatic nitrogens is 2. The number of hydrogen-bond acceptors (Lipinski definition) is 6. The molecule has 1 aromatic carbocycles. The Morgan fingerprint density at radius 1 is 1.04 bits per heavy atom. The molecule has 0 saturated carbocycles. The molecule has 0 N–H and O–H groups in total. The summed E-state index contributed by atoms with van der Waals surface area (Å²) >= 11 is 0. The van der Waals surface area contributed by atoms with Crippen molar-refractivity contribution in [2.24, 2.45) is 0 Å². The van der Waals surface area contributed by atoms with Crippen LogP contribution in [0.15, 0.2) is 63.0 Å². The molecule has 0 spiro atoms. The van der Waals surface area contributed by atoms with Gasteiger partial charge in [-0.3, -0.25) is 0 Å². The first-order valence-corrected chi connectivity index (χ1v) is 10.2. The normalized spacial score (nSPS) is 16.9. The lowest BCUT2D eigenvalue weighted by Gasteiger charge is -2.28. The lowest BCUT2D eigenvalue weighted by molar-refractivity contribution is 0.293. The van der Waals surface area contributed by atoms with E-state index in [1.807, 2.05) is 30.3 Å². The van der Waals surface area contributed by atoms with Gasteiger partial charge in [0.2, 0.25) is 15.9 Å². The van der Waals surface area contributed by atoms with Crippen LogP contribution in [0.3, 0.4) is 0 Å². The van der Waals surface area contributed by atoms with Gasteiger partial charge in [-0.25, -0.2) is 8.42 Å². The molecule has 0 bridgehead atoms. The maximum Gasteiger partial charge on any atom is 0.283 e. The molecule has 1 fully saturated rings. The van der Waals surface area contributed by atoms with E-state index in [0.29, 0.717) is 43.5 Å². The first-order chi connectivity index (χ1) is 13.1. The maximum atomic E-state index is 12.5. The van der Waals surface area contributed by atoms with Crippen molar-refractivity contribution >= 4 is 16.1 Å². The highest BCUT2D eigenvalue weighted by Gasteiger charge is 2.30.